The Balaban J connectivity index is 2.37. The van der Waals surface area contributed by atoms with E-state index >= 15 is 0 Å². The SMILES string of the molecule is NNC(=O)c1nnc(-c2cccc([N+](=O)[O-])c2)o1. The number of non-ortho nitro benzene ring substituents is 1. The van der Waals surface area contributed by atoms with Crippen LogP contribution in [0.4, 0.5) is 5.69 Å². The average Bonchev–Trinajstić information content (AvgIpc) is 2.87. The van der Waals surface area contributed by atoms with Gasteiger partial charge in [0.1, 0.15) is 0 Å². The Morgan fingerprint density at radius 3 is 2.89 bits per heavy atom. The summed E-state index contributed by atoms with van der Waals surface area (Å²) in [4.78, 5) is 21.1. The Morgan fingerprint density at radius 2 is 2.22 bits per heavy atom. The van der Waals surface area contributed by atoms with Crippen LogP contribution in [-0.2, 0) is 0 Å². The minimum absolute atomic E-state index is 0.00250. The van der Waals surface area contributed by atoms with Gasteiger partial charge >= 0.3 is 11.8 Å². The number of nitrogens with one attached hydrogen (secondary N) is 1. The third-order valence-electron chi connectivity index (χ3n) is 2.05. The minimum atomic E-state index is -0.737. The standard InChI is InChI=1S/C9H7N5O4/c10-11-7(15)9-13-12-8(18-9)5-2-1-3-6(4-5)14(16)17/h1-4H,10H2,(H,11,15). The molecular formula is C9H7N5O4. The van der Waals surface area contributed by atoms with Gasteiger partial charge in [-0.1, -0.05) is 6.07 Å². The molecule has 1 aromatic heterocycles. The molecule has 0 fully saturated rings. The fourth-order valence-corrected chi connectivity index (χ4v) is 1.25. The number of carbonyl (C=O) groups is 1. The van der Waals surface area contributed by atoms with Gasteiger partial charge < -0.3 is 4.42 Å². The molecule has 1 amide bonds. The maximum absolute atomic E-state index is 11.1. The van der Waals surface area contributed by atoms with Crippen LogP contribution >= 0.6 is 0 Å². The Morgan fingerprint density at radius 1 is 1.44 bits per heavy atom. The van der Waals surface area contributed by atoms with E-state index in [4.69, 9.17) is 10.3 Å². The van der Waals surface area contributed by atoms with Gasteiger partial charge in [0.15, 0.2) is 0 Å². The first kappa shape index (κ1) is 11.7. The van der Waals surface area contributed by atoms with Crippen LogP contribution in [0.2, 0.25) is 0 Å². The van der Waals surface area contributed by atoms with E-state index in [0.29, 0.717) is 5.56 Å². The molecule has 2 aromatic rings. The second-order valence-electron chi connectivity index (χ2n) is 3.19. The van der Waals surface area contributed by atoms with E-state index < -0.39 is 10.8 Å². The molecule has 0 aliphatic heterocycles. The van der Waals surface area contributed by atoms with Crippen molar-refractivity contribution in [2.75, 3.05) is 0 Å². The highest BCUT2D eigenvalue weighted by Gasteiger charge is 2.16. The van der Waals surface area contributed by atoms with Gasteiger partial charge in [0, 0.05) is 17.7 Å². The first-order valence-corrected chi connectivity index (χ1v) is 4.71. The maximum atomic E-state index is 11.1. The molecule has 9 heteroatoms. The van der Waals surface area contributed by atoms with Crippen molar-refractivity contribution in [3.63, 3.8) is 0 Å². The molecule has 0 atom stereocenters. The lowest BCUT2D eigenvalue weighted by atomic mass is 10.2. The van der Waals surface area contributed by atoms with Crippen molar-refractivity contribution in [1.82, 2.24) is 15.6 Å². The summed E-state index contributed by atoms with van der Waals surface area (Å²) in [5.41, 5.74) is 2.06. The first-order chi connectivity index (χ1) is 8.61. The summed E-state index contributed by atoms with van der Waals surface area (Å²) in [5, 5.41) is 17.7. The number of nitrogens with two attached hydrogens (primary N) is 1. The smallest absolute Gasteiger partial charge is 0.322 e. The summed E-state index contributed by atoms with van der Waals surface area (Å²) < 4.78 is 5.02. The molecule has 2 rings (SSSR count). The van der Waals surface area contributed by atoms with E-state index in [2.05, 4.69) is 10.2 Å². The lowest BCUT2D eigenvalue weighted by molar-refractivity contribution is -0.384. The van der Waals surface area contributed by atoms with Crippen LogP contribution in [0.1, 0.15) is 10.7 Å². The number of nitrogens with zero attached hydrogens (tertiary/aromatic N) is 3. The van der Waals surface area contributed by atoms with Crippen LogP contribution in [0.5, 0.6) is 0 Å². The normalized spacial score (nSPS) is 10.1. The van der Waals surface area contributed by atoms with Crippen molar-refractivity contribution >= 4 is 11.6 Å². The predicted molar refractivity (Wildman–Crippen MR) is 58.0 cm³/mol. The van der Waals surface area contributed by atoms with Gasteiger partial charge in [-0.15, -0.1) is 10.2 Å². The van der Waals surface area contributed by atoms with Gasteiger partial charge in [0.2, 0.25) is 5.89 Å². The number of hydrogen-bond acceptors (Lipinski definition) is 7. The molecule has 9 nitrogen and oxygen atoms in total. The number of carbonyl (C=O) groups excluding carboxylic acids is 1. The number of nitro benzene ring substituents is 1. The van der Waals surface area contributed by atoms with Gasteiger partial charge in [-0.2, -0.15) is 0 Å². The Hall–Kier alpha value is -2.81. The highest BCUT2D eigenvalue weighted by molar-refractivity contribution is 5.89. The summed E-state index contributed by atoms with van der Waals surface area (Å²) in [7, 11) is 0. The Labute approximate surface area is 99.7 Å². The number of aromatic nitrogens is 2. The molecule has 18 heavy (non-hydrogen) atoms. The second-order valence-corrected chi connectivity index (χ2v) is 3.19. The molecule has 0 saturated heterocycles. The number of benzene rings is 1. The zero-order valence-corrected chi connectivity index (χ0v) is 8.86. The lowest BCUT2D eigenvalue weighted by Crippen LogP contribution is -2.30. The quantitative estimate of drug-likeness (QED) is 0.344. The molecule has 3 N–H and O–H groups in total. The second kappa shape index (κ2) is 4.59. The van der Waals surface area contributed by atoms with Crippen LogP contribution in [0.25, 0.3) is 11.5 Å². The van der Waals surface area contributed by atoms with Gasteiger partial charge in [0.05, 0.1) is 4.92 Å². The minimum Gasteiger partial charge on any atom is -0.412 e. The van der Waals surface area contributed by atoms with Crippen molar-refractivity contribution in [3.05, 3.63) is 40.3 Å². The molecule has 0 aliphatic carbocycles. The molecule has 92 valence electrons. The monoisotopic (exact) mass is 249 g/mol. The summed E-state index contributed by atoms with van der Waals surface area (Å²) >= 11 is 0. The van der Waals surface area contributed by atoms with Crippen LogP contribution in [0.3, 0.4) is 0 Å². The van der Waals surface area contributed by atoms with Gasteiger partial charge in [-0.25, -0.2) is 5.84 Å². The van der Waals surface area contributed by atoms with Crippen molar-refractivity contribution in [3.8, 4) is 11.5 Å². The maximum Gasteiger partial charge on any atom is 0.322 e. The molecule has 1 aromatic carbocycles. The van der Waals surface area contributed by atoms with E-state index in [1.807, 2.05) is 5.43 Å². The summed E-state index contributed by atoms with van der Waals surface area (Å²) in [6.07, 6.45) is 0. The summed E-state index contributed by atoms with van der Waals surface area (Å²) in [6, 6.07) is 5.61. The van der Waals surface area contributed by atoms with Crippen molar-refractivity contribution in [1.29, 1.82) is 0 Å². The third-order valence-corrected chi connectivity index (χ3v) is 2.05. The Bertz CT molecular complexity index is 609. The number of hydrogen-bond donors (Lipinski definition) is 2. The van der Waals surface area contributed by atoms with E-state index in [9.17, 15) is 14.9 Å². The number of nitro groups is 1. The molecule has 0 unspecified atom stereocenters. The molecule has 0 radical (unpaired) electrons. The summed E-state index contributed by atoms with van der Waals surface area (Å²) in [5.74, 6) is 3.84. The molecular weight excluding hydrogens is 242 g/mol. The van der Waals surface area contributed by atoms with E-state index in [-0.39, 0.29) is 17.5 Å². The lowest BCUT2D eigenvalue weighted by Gasteiger charge is -1.94. The Kier molecular flexibility index (Phi) is 2.98. The largest absolute Gasteiger partial charge is 0.412 e. The number of amides is 1. The van der Waals surface area contributed by atoms with Crippen LogP contribution in [-0.4, -0.2) is 21.0 Å². The highest BCUT2D eigenvalue weighted by atomic mass is 16.6. The molecule has 0 spiro atoms. The fourth-order valence-electron chi connectivity index (χ4n) is 1.25. The summed E-state index contributed by atoms with van der Waals surface area (Å²) in [6.45, 7) is 0. The molecule has 0 aliphatic rings. The fraction of sp³-hybridized carbons (Fsp3) is 0. The van der Waals surface area contributed by atoms with Gasteiger partial charge in [-0.05, 0) is 6.07 Å². The van der Waals surface area contributed by atoms with Crippen LogP contribution < -0.4 is 11.3 Å². The zero-order chi connectivity index (χ0) is 13.1. The third kappa shape index (κ3) is 2.15. The number of nitrogen functional groups attached to an aromatic ring is 1. The topological polar surface area (TPSA) is 137 Å². The van der Waals surface area contributed by atoms with E-state index in [1.165, 1.54) is 18.2 Å². The predicted octanol–water partition coefficient (Wildman–Crippen LogP) is 0.248. The first-order valence-electron chi connectivity index (χ1n) is 4.71. The molecule has 0 bridgehead atoms. The van der Waals surface area contributed by atoms with Crippen LogP contribution in [0.15, 0.2) is 28.7 Å². The van der Waals surface area contributed by atoms with Crippen molar-refractivity contribution in [2.24, 2.45) is 5.84 Å². The van der Waals surface area contributed by atoms with E-state index in [1.54, 1.807) is 6.07 Å². The molecule has 1 heterocycles. The average molecular weight is 249 g/mol. The van der Waals surface area contributed by atoms with E-state index in [0.717, 1.165) is 0 Å². The van der Waals surface area contributed by atoms with Gasteiger partial charge in [-0.3, -0.25) is 20.3 Å². The van der Waals surface area contributed by atoms with Crippen LogP contribution in [0, 0.1) is 10.1 Å². The number of rotatable bonds is 3. The van der Waals surface area contributed by atoms with Crippen molar-refractivity contribution < 1.29 is 14.1 Å². The van der Waals surface area contributed by atoms with Gasteiger partial charge in [0.25, 0.3) is 5.69 Å². The number of hydrazine groups is 1. The highest BCUT2D eigenvalue weighted by Crippen LogP contribution is 2.22. The molecule has 0 saturated carbocycles. The van der Waals surface area contributed by atoms with Crippen molar-refractivity contribution in [2.45, 2.75) is 0 Å². The zero-order valence-electron chi connectivity index (χ0n) is 8.86.